The summed E-state index contributed by atoms with van der Waals surface area (Å²) in [6.45, 7) is 2.34. The van der Waals surface area contributed by atoms with Gasteiger partial charge >= 0.3 is 11.9 Å². The quantitative estimate of drug-likeness (QED) is 0.459. The van der Waals surface area contributed by atoms with E-state index in [0.29, 0.717) is 6.54 Å². The second-order valence-corrected chi connectivity index (χ2v) is 2.90. The highest BCUT2D eigenvalue weighted by Gasteiger charge is 2.21. The Labute approximate surface area is 86.3 Å². The van der Waals surface area contributed by atoms with E-state index in [4.69, 9.17) is 22.4 Å². The zero-order chi connectivity index (χ0) is 11.1. The maximum Gasteiger partial charge on any atom is 0.326 e. The zero-order valence-corrected chi connectivity index (χ0v) is 8.43. The van der Waals surface area contributed by atoms with Crippen LogP contribution in [-0.2, 0) is 9.59 Å². The Hall–Kier alpha value is -1.37. The first-order valence-electron chi connectivity index (χ1n) is 3.96. The van der Waals surface area contributed by atoms with Crippen molar-refractivity contribution in [3.8, 4) is 0 Å². The summed E-state index contributed by atoms with van der Waals surface area (Å²) in [4.78, 5) is 20.8. The molecule has 0 aromatic carbocycles. The summed E-state index contributed by atoms with van der Waals surface area (Å²) in [7, 11) is 0. The van der Waals surface area contributed by atoms with Crippen LogP contribution in [0.3, 0.4) is 0 Å². The van der Waals surface area contributed by atoms with Gasteiger partial charge in [-0.3, -0.25) is 4.79 Å². The van der Waals surface area contributed by atoms with Crippen LogP contribution in [0.25, 0.3) is 0 Å². The molecular weight excluding hydrogens is 208 g/mol. The van der Waals surface area contributed by atoms with Crippen LogP contribution in [0.2, 0.25) is 0 Å². The molecular formula is C7H12N2O4S. The Morgan fingerprint density at radius 1 is 1.43 bits per heavy atom. The van der Waals surface area contributed by atoms with Gasteiger partial charge in [-0.05, 0) is 19.1 Å². The Morgan fingerprint density at radius 3 is 2.36 bits per heavy atom. The van der Waals surface area contributed by atoms with Gasteiger partial charge < -0.3 is 20.8 Å². The third kappa shape index (κ3) is 5.31. The molecule has 0 heterocycles. The average molecular weight is 220 g/mol. The molecule has 0 spiro atoms. The highest BCUT2D eigenvalue weighted by Crippen LogP contribution is 1.92. The van der Waals surface area contributed by atoms with Gasteiger partial charge in [-0.2, -0.15) is 0 Å². The van der Waals surface area contributed by atoms with Crippen LogP contribution in [0.1, 0.15) is 13.3 Å². The fourth-order valence-corrected chi connectivity index (χ4v) is 1.03. The van der Waals surface area contributed by atoms with Gasteiger partial charge in [0.25, 0.3) is 0 Å². The van der Waals surface area contributed by atoms with Crippen molar-refractivity contribution in [3.05, 3.63) is 0 Å². The van der Waals surface area contributed by atoms with Crippen molar-refractivity contribution in [1.29, 1.82) is 0 Å². The van der Waals surface area contributed by atoms with Crippen LogP contribution >= 0.6 is 12.2 Å². The SMILES string of the molecule is CCNC(=S)NC(CC(=O)O)C(=O)O. The topological polar surface area (TPSA) is 98.7 Å². The van der Waals surface area contributed by atoms with Gasteiger partial charge in [0.1, 0.15) is 6.04 Å². The van der Waals surface area contributed by atoms with Gasteiger partial charge in [0.15, 0.2) is 5.11 Å². The Bertz CT molecular complexity index is 244. The van der Waals surface area contributed by atoms with Crippen molar-refractivity contribution >= 4 is 29.3 Å². The number of carbonyl (C=O) groups is 2. The van der Waals surface area contributed by atoms with Gasteiger partial charge in [-0.25, -0.2) is 4.79 Å². The standard InChI is InChI=1S/C7H12N2O4S/c1-2-8-7(14)9-4(6(12)13)3-5(10)11/h4H,2-3H2,1H3,(H,10,11)(H,12,13)(H2,8,9,14). The van der Waals surface area contributed by atoms with Gasteiger partial charge in [-0.15, -0.1) is 0 Å². The molecule has 1 unspecified atom stereocenters. The Kier molecular flexibility index (Phi) is 5.54. The number of carboxylic acid groups (broad SMARTS) is 2. The third-order valence-electron chi connectivity index (χ3n) is 1.32. The molecule has 4 N–H and O–H groups in total. The van der Waals surface area contributed by atoms with Crippen LogP contribution in [0, 0.1) is 0 Å². The van der Waals surface area contributed by atoms with E-state index < -0.39 is 24.4 Å². The number of aliphatic carboxylic acids is 2. The fraction of sp³-hybridized carbons (Fsp3) is 0.571. The second kappa shape index (κ2) is 6.14. The lowest BCUT2D eigenvalue weighted by Crippen LogP contribution is -2.46. The van der Waals surface area contributed by atoms with E-state index in [-0.39, 0.29) is 5.11 Å². The van der Waals surface area contributed by atoms with E-state index in [1.807, 2.05) is 0 Å². The van der Waals surface area contributed by atoms with Crippen LogP contribution < -0.4 is 10.6 Å². The maximum atomic E-state index is 10.6. The molecule has 6 nitrogen and oxygen atoms in total. The smallest absolute Gasteiger partial charge is 0.326 e. The van der Waals surface area contributed by atoms with E-state index >= 15 is 0 Å². The summed E-state index contributed by atoms with van der Waals surface area (Å²) in [6, 6.07) is -1.20. The summed E-state index contributed by atoms with van der Waals surface area (Å²) >= 11 is 4.72. The van der Waals surface area contributed by atoms with E-state index in [9.17, 15) is 9.59 Å². The highest BCUT2D eigenvalue weighted by atomic mass is 32.1. The molecule has 0 bridgehead atoms. The molecule has 0 aliphatic carbocycles. The minimum Gasteiger partial charge on any atom is -0.481 e. The monoisotopic (exact) mass is 220 g/mol. The maximum absolute atomic E-state index is 10.6. The van der Waals surface area contributed by atoms with Crippen molar-refractivity contribution in [2.24, 2.45) is 0 Å². The molecule has 14 heavy (non-hydrogen) atoms. The highest BCUT2D eigenvalue weighted by molar-refractivity contribution is 7.80. The minimum atomic E-state index is -1.24. The van der Waals surface area contributed by atoms with Crippen LogP contribution in [0.15, 0.2) is 0 Å². The average Bonchev–Trinajstić information content (AvgIpc) is 2.02. The second-order valence-electron chi connectivity index (χ2n) is 2.49. The lowest BCUT2D eigenvalue weighted by molar-refractivity contribution is -0.145. The molecule has 0 saturated heterocycles. The fourth-order valence-electron chi connectivity index (χ4n) is 0.745. The van der Waals surface area contributed by atoms with E-state index in [1.54, 1.807) is 6.92 Å². The van der Waals surface area contributed by atoms with Crippen LogP contribution in [-0.4, -0.2) is 39.9 Å². The summed E-state index contributed by atoms with van der Waals surface area (Å²) in [6.07, 6.45) is -0.513. The zero-order valence-electron chi connectivity index (χ0n) is 7.61. The van der Waals surface area contributed by atoms with Crippen LogP contribution in [0.4, 0.5) is 0 Å². The van der Waals surface area contributed by atoms with Gasteiger partial charge in [0.2, 0.25) is 0 Å². The van der Waals surface area contributed by atoms with E-state index in [0.717, 1.165) is 0 Å². The molecule has 0 aromatic rings. The first-order chi connectivity index (χ1) is 6.47. The van der Waals surface area contributed by atoms with Crippen molar-refractivity contribution in [3.63, 3.8) is 0 Å². The molecule has 0 aliphatic heterocycles. The van der Waals surface area contributed by atoms with E-state index in [2.05, 4.69) is 10.6 Å². The van der Waals surface area contributed by atoms with Crippen LogP contribution in [0.5, 0.6) is 0 Å². The molecule has 0 aliphatic rings. The number of hydrogen-bond acceptors (Lipinski definition) is 3. The summed E-state index contributed by atoms with van der Waals surface area (Å²) in [5.41, 5.74) is 0. The summed E-state index contributed by atoms with van der Waals surface area (Å²) < 4.78 is 0. The molecule has 0 amide bonds. The summed E-state index contributed by atoms with van der Waals surface area (Å²) in [5.74, 6) is -2.43. The first kappa shape index (κ1) is 12.6. The van der Waals surface area contributed by atoms with Crippen molar-refractivity contribution in [1.82, 2.24) is 10.6 Å². The number of thiocarbonyl (C=S) groups is 1. The number of hydrogen-bond donors (Lipinski definition) is 4. The molecule has 0 radical (unpaired) electrons. The number of nitrogens with one attached hydrogen (secondary N) is 2. The van der Waals surface area contributed by atoms with Crippen molar-refractivity contribution < 1.29 is 19.8 Å². The minimum absolute atomic E-state index is 0.140. The third-order valence-corrected chi connectivity index (χ3v) is 1.58. The van der Waals surface area contributed by atoms with Gasteiger partial charge in [-0.1, -0.05) is 0 Å². The molecule has 0 saturated carbocycles. The molecule has 0 rings (SSSR count). The Balaban J connectivity index is 4.16. The lowest BCUT2D eigenvalue weighted by Gasteiger charge is -2.14. The Morgan fingerprint density at radius 2 is 2.00 bits per heavy atom. The predicted octanol–water partition coefficient (Wildman–Crippen LogP) is -0.602. The molecule has 0 fully saturated rings. The molecule has 0 aromatic heterocycles. The normalized spacial score (nSPS) is 11.5. The van der Waals surface area contributed by atoms with Crippen molar-refractivity contribution in [2.75, 3.05) is 6.54 Å². The number of rotatable bonds is 5. The molecule has 80 valence electrons. The largest absolute Gasteiger partial charge is 0.481 e. The molecule has 1 atom stereocenters. The molecule has 7 heteroatoms. The lowest BCUT2D eigenvalue weighted by atomic mass is 10.2. The first-order valence-corrected chi connectivity index (χ1v) is 4.37. The summed E-state index contributed by atoms with van der Waals surface area (Å²) in [5, 5.41) is 22.2. The number of carboxylic acids is 2. The van der Waals surface area contributed by atoms with Gasteiger partial charge in [0, 0.05) is 6.54 Å². The van der Waals surface area contributed by atoms with E-state index in [1.165, 1.54) is 0 Å². The predicted molar refractivity (Wildman–Crippen MR) is 53.1 cm³/mol. The van der Waals surface area contributed by atoms with Gasteiger partial charge in [0.05, 0.1) is 6.42 Å². The van der Waals surface area contributed by atoms with Crippen molar-refractivity contribution in [2.45, 2.75) is 19.4 Å².